The van der Waals surface area contributed by atoms with Gasteiger partial charge in [-0.1, -0.05) is 29.4 Å². The summed E-state index contributed by atoms with van der Waals surface area (Å²) in [7, 11) is 0. The first-order valence-electron chi connectivity index (χ1n) is 6.40. The van der Waals surface area contributed by atoms with E-state index in [-0.39, 0.29) is 17.2 Å². The molecule has 0 fully saturated rings. The molecule has 0 unspecified atom stereocenters. The van der Waals surface area contributed by atoms with Crippen LogP contribution in [0.4, 0.5) is 11.4 Å². The standard InChI is InChI=1S/C14H12N4O5/c15-14(16-19)13(9-1-5-11(6-2-9)17(20)21)10-3-7-12(8-4-10)18(22)23/h1-8,13,19H,(H2,15,16). The van der Waals surface area contributed by atoms with Crippen molar-refractivity contribution < 1.29 is 15.1 Å². The monoisotopic (exact) mass is 316 g/mol. The maximum atomic E-state index is 10.7. The number of oxime groups is 1. The Morgan fingerprint density at radius 1 is 0.913 bits per heavy atom. The molecule has 2 aromatic rings. The number of hydrogen-bond acceptors (Lipinski definition) is 6. The molecule has 0 amide bonds. The van der Waals surface area contributed by atoms with Gasteiger partial charge >= 0.3 is 0 Å². The maximum Gasteiger partial charge on any atom is 0.269 e. The van der Waals surface area contributed by atoms with Gasteiger partial charge in [0.15, 0.2) is 5.84 Å². The van der Waals surface area contributed by atoms with Crippen LogP contribution in [-0.4, -0.2) is 20.9 Å². The fraction of sp³-hybridized carbons (Fsp3) is 0.0714. The highest BCUT2D eigenvalue weighted by Gasteiger charge is 2.21. The van der Waals surface area contributed by atoms with Crippen LogP contribution in [0.3, 0.4) is 0 Å². The minimum atomic E-state index is -0.679. The van der Waals surface area contributed by atoms with Crippen molar-refractivity contribution in [2.45, 2.75) is 5.92 Å². The van der Waals surface area contributed by atoms with E-state index in [0.29, 0.717) is 11.1 Å². The highest BCUT2D eigenvalue weighted by Crippen LogP contribution is 2.28. The molecule has 0 aromatic heterocycles. The molecule has 0 atom stereocenters. The number of amidine groups is 1. The van der Waals surface area contributed by atoms with Gasteiger partial charge in [0.05, 0.1) is 15.8 Å². The Balaban J connectivity index is 2.45. The van der Waals surface area contributed by atoms with Gasteiger partial charge in [-0.25, -0.2) is 0 Å². The van der Waals surface area contributed by atoms with E-state index in [1.165, 1.54) is 48.5 Å². The smallest absolute Gasteiger partial charge is 0.269 e. The number of hydrogen-bond donors (Lipinski definition) is 2. The second-order valence-corrected chi connectivity index (χ2v) is 4.66. The summed E-state index contributed by atoms with van der Waals surface area (Å²) < 4.78 is 0. The third-order valence-electron chi connectivity index (χ3n) is 3.29. The third-order valence-corrected chi connectivity index (χ3v) is 3.29. The summed E-state index contributed by atoms with van der Waals surface area (Å²) in [6.45, 7) is 0. The van der Waals surface area contributed by atoms with Crippen molar-refractivity contribution in [2.75, 3.05) is 0 Å². The molecule has 9 heteroatoms. The highest BCUT2D eigenvalue weighted by atomic mass is 16.6. The Labute approximate surface area is 130 Å². The van der Waals surface area contributed by atoms with Gasteiger partial charge in [0.1, 0.15) is 0 Å². The second kappa shape index (κ2) is 6.52. The second-order valence-electron chi connectivity index (χ2n) is 4.66. The lowest BCUT2D eigenvalue weighted by Crippen LogP contribution is -2.23. The Kier molecular flexibility index (Phi) is 4.50. The van der Waals surface area contributed by atoms with Crippen LogP contribution in [0.2, 0.25) is 0 Å². The predicted octanol–water partition coefficient (Wildman–Crippen LogP) is 2.38. The van der Waals surface area contributed by atoms with E-state index in [2.05, 4.69) is 5.16 Å². The minimum absolute atomic E-state index is 0.0873. The van der Waals surface area contributed by atoms with Gasteiger partial charge in [-0.2, -0.15) is 0 Å². The third kappa shape index (κ3) is 3.40. The minimum Gasteiger partial charge on any atom is -0.409 e. The summed E-state index contributed by atoms with van der Waals surface area (Å²) >= 11 is 0. The topological polar surface area (TPSA) is 145 Å². The summed E-state index contributed by atoms with van der Waals surface area (Å²) in [4.78, 5) is 20.3. The summed E-state index contributed by atoms with van der Waals surface area (Å²) in [6.07, 6.45) is 0. The van der Waals surface area contributed by atoms with E-state index in [4.69, 9.17) is 10.9 Å². The van der Waals surface area contributed by atoms with E-state index >= 15 is 0 Å². The number of nitro groups is 2. The van der Waals surface area contributed by atoms with Crippen LogP contribution in [0, 0.1) is 20.2 Å². The number of rotatable bonds is 5. The van der Waals surface area contributed by atoms with Gasteiger partial charge in [0.25, 0.3) is 11.4 Å². The lowest BCUT2D eigenvalue weighted by atomic mass is 9.90. The quantitative estimate of drug-likeness (QED) is 0.285. The average molecular weight is 316 g/mol. The Bertz CT molecular complexity index is 698. The predicted molar refractivity (Wildman–Crippen MR) is 81.4 cm³/mol. The zero-order valence-corrected chi connectivity index (χ0v) is 11.7. The van der Waals surface area contributed by atoms with E-state index in [1.54, 1.807) is 0 Å². The Morgan fingerprint density at radius 2 is 1.26 bits per heavy atom. The zero-order chi connectivity index (χ0) is 17.0. The van der Waals surface area contributed by atoms with E-state index < -0.39 is 15.8 Å². The molecule has 118 valence electrons. The van der Waals surface area contributed by atoms with Crippen LogP contribution >= 0.6 is 0 Å². The van der Waals surface area contributed by atoms with Crippen LogP contribution in [0.15, 0.2) is 53.7 Å². The normalized spacial score (nSPS) is 11.4. The lowest BCUT2D eigenvalue weighted by molar-refractivity contribution is -0.385. The molecule has 0 saturated heterocycles. The largest absolute Gasteiger partial charge is 0.409 e. The zero-order valence-electron chi connectivity index (χ0n) is 11.7. The summed E-state index contributed by atoms with van der Waals surface area (Å²) in [6, 6.07) is 11.2. The number of nitro benzene ring substituents is 2. The SMILES string of the molecule is NC(=NO)C(c1ccc([N+](=O)[O-])cc1)c1ccc([N+](=O)[O-])cc1. The number of non-ortho nitro benzene ring substituents is 2. The molecule has 0 heterocycles. The van der Waals surface area contributed by atoms with Crippen LogP contribution in [0.5, 0.6) is 0 Å². The van der Waals surface area contributed by atoms with Crippen molar-refractivity contribution in [3.63, 3.8) is 0 Å². The van der Waals surface area contributed by atoms with Crippen LogP contribution in [0.25, 0.3) is 0 Å². The molecule has 23 heavy (non-hydrogen) atoms. The molecular formula is C14H12N4O5. The van der Waals surface area contributed by atoms with Gasteiger partial charge in [0, 0.05) is 24.3 Å². The lowest BCUT2D eigenvalue weighted by Gasteiger charge is -2.16. The summed E-state index contributed by atoms with van der Waals surface area (Å²) in [5.74, 6) is -0.811. The van der Waals surface area contributed by atoms with E-state index in [9.17, 15) is 20.2 Å². The van der Waals surface area contributed by atoms with Crippen molar-refractivity contribution in [1.29, 1.82) is 0 Å². The first kappa shape index (κ1) is 15.9. The molecule has 3 N–H and O–H groups in total. The van der Waals surface area contributed by atoms with E-state index in [1.807, 2.05) is 0 Å². The molecule has 9 nitrogen and oxygen atoms in total. The number of nitrogens with zero attached hydrogens (tertiary/aromatic N) is 3. The molecule has 0 radical (unpaired) electrons. The molecule has 0 aliphatic carbocycles. The van der Waals surface area contributed by atoms with Gasteiger partial charge in [-0.3, -0.25) is 20.2 Å². The average Bonchev–Trinajstić information content (AvgIpc) is 2.55. The molecule has 2 rings (SSSR count). The molecule has 0 saturated carbocycles. The summed E-state index contributed by atoms with van der Waals surface area (Å²) in [5, 5.41) is 33.3. The van der Waals surface area contributed by atoms with Gasteiger partial charge < -0.3 is 10.9 Å². The van der Waals surface area contributed by atoms with Crippen molar-refractivity contribution in [2.24, 2.45) is 10.9 Å². The van der Waals surface area contributed by atoms with Gasteiger partial charge in [0.2, 0.25) is 0 Å². The molecule has 2 aromatic carbocycles. The number of benzene rings is 2. The Morgan fingerprint density at radius 3 is 1.52 bits per heavy atom. The van der Waals surface area contributed by atoms with Crippen LogP contribution in [-0.2, 0) is 0 Å². The fourth-order valence-electron chi connectivity index (χ4n) is 2.17. The molecule has 0 aliphatic heterocycles. The Hall–Kier alpha value is -3.49. The maximum absolute atomic E-state index is 10.7. The fourth-order valence-corrected chi connectivity index (χ4v) is 2.17. The van der Waals surface area contributed by atoms with Crippen molar-refractivity contribution in [3.8, 4) is 0 Å². The van der Waals surface area contributed by atoms with Gasteiger partial charge in [-0.05, 0) is 11.1 Å². The van der Waals surface area contributed by atoms with E-state index in [0.717, 1.165) is 0 Å². The van der Waals surface area contributed by atoms with Crippen molar-refractivity contribution in [1.82, 2.24) is 0 Å². The molecule has 0 spiro atoms. The van der Waals surface area contributed by atoms with Crippen molar-refractivity contribution >= 4 is 17.2 Å². The summed E-state index contributed by atoms with van der Waals surface area (Å²) in [5.41, 5.74) is 6.65. The van der Waals surface area contributed by atoms with Crippen LogP contribution < -0.4 is 5.73 Å². The number of nitrogens with two attached hydrogens (primary N) is 1. The first-order chi connectivity index (χ1) is 10.9. The first-order valence-corrected chi connectivity index (χ1v) is 6.40. The van der Waals surface area contributed by atoms with Crippen molar-refractivity contribution in [3.05, 3.63) is 79.9 Å². The molecule has 0 bridgehead atoms. The highest BCUT2D eigenvalue weighted by molar-refractivity contribution is 5.90. The molecular weight excluding hydrogens is 304 g/mol. The van der Waals surface area contributed by atoms with Crippen LogP contribution in [0.1, 0.15) is 17.0 Å². The molecule has 0 aliphatic rings. The van der Waals surface area contributed by atoms with Gasteiger partial charge in [-0.15, -0.1) is 0 Å².